The molecule has 1 aromatic rings. The molecule has 0 radical (unpaired) electrons. The highest BCUT2D eigenvalue weighted by molar-refractivity contribution is 7.59. The highest BCUT2D eigenvalue weighted by Gasteiger charge is 2.32. The van der Waals surface area contributed by atoms with Gasteiger partial charge in [0.15, 0.2) is 0 Å². The zero-order valence-electron chi connectivity index (χ0n) is 14.5. The quantitative estimate of drug-likeness (QED) is 0.587. The summed E-state index contributed by atoms with van der Waals surface area (Å²) in [5, 5.41) is 8.75. The lowest BCUT2D eigenvalue weighted by Gasteiger charge is -2.31. The molecule has 1 aromatic carbocycles. The number of nitrogens with zero attached hydrogens (tertiary/aromatic N) is 2. The average Bonchev–Trinajstić information content (AvgIpc) is 2.95. The van der Waals surface area contributed by atoms with Crippen LogP contribution in [0.2, 0.25) is 0 Å². The van der Waals surface area contributed by atoms with Crippen molar-refractivity contribution in [2.45, 2.75) is 32.9 Å². The maximum Gasteiger partial charge on any atom is 0.320 e. The van der Waals surface area contributed by atoms with Crippen molar-refractivity contribution in [3.63, 3.8) is 0 Å². The van der Waals surface area contributed by atoms with Crippen molar-refractivity contribution < 1.29 is 19.5 Å². The largest absolute Gasteiger partial charge is 0.491 e. The van der Waals surface area contributed by atoms with Gasteiger partial charge in [0.1, 0.15) is 12.4 Å². The minimum absolute atomic E-state index is 0. The summed E-state index contributed by atoms with van der Waals surface area (Å²) in [5.41, 5.74) is 2.79. The van der Waals surface area contributed by atoms with Crippen LogP contribution in [0.4, 0.5) is 4.79 Å². The monoisotopic (exact) mass is 367 g/mol. The molecular weight excluding hydrogens is 342 g/mol. The number of likely N-dealkylation sites (tertiary alicyclic amines) is 1. The molecule has 0 saturated carbocycles. The van der Waals surface area contributed by atoms with Crippen molar-refractivity contribution in [3.8, 4) is 5.75 Å². The minimum atomic E-state index is -0.585. The number of carbonyl (C=O) groups excluding carboxylic acids is 2. The van der Waals surface area contributed by atoms with Crippen molar-refractivity contribution in [1.82, 2.24) is 15.3 Å². The number of nitrogens with one attached hydrogen (secondary N) is 1. The number of carbonyl (C=O) groups is 2. The third kappa shape index (κ3) is 4.01. The lowest BCUT2D eigenvalue weighted by molar-refractivity contribution is 0.0706. The Balaban J connectivity index is 0.00000225. The molecule has 0 aliphatic carbocycles. The molecule has 1 saturated heterocycles. The Morgan fingerprint density at radius 2 is 2.08 bits per heavy atom. The molecular formula is C17H25N3O4S. The van der Waals surface area contributed by atoms with Gasteiger partial charge in [-0.25, -0.2) is 10.3 Å². The highest BCUT2D eigenvalue weighted by Crippen LogP contribution is 2.28. The second kappa shape index (κ2) is 7.97. The summed E-state index contributed by atoms with van der Waals surface area (Å²) in [6.07, 6.45) is 1.04. The Hall–Kier alpha value is -1.93. The average molecular weight is 367 g/mol. The maximum atomic E-state index is 12.8. The van der Waals surface area contributed by atoms with Crippen LogP contribution >= 0.6 is 13.5 Å². The summed E-state index contributed by atoms with van der Waals surface area (Å²) in [5.74, 6) is 0.532. The van der Waals surface area contributed by atoms with E-state index in [9.17, 15) is 9.59 Å². The van der Waals surface area contributed by atoms with Crippen LogP contribution in [-0.2, 0) is 6.54 Å². The molecule has 8 heteroatoms. The van der Waals surface area contributed by atoms with Crippen LogP contribution in [0, 0.1) is 5.92 Å². The number of urea groups is 1. The van der Waals surface area contributed by atoms with Crippen molar-refractivity contribution in [2.75, 3.05) is 19.7 Å². The summed E-state index contributed by atoms with van der Waals surface area (Å²) < 4.78 is 5.79. The van der Waals surface area contributed by atoms with E-state index in [4.69, 9.17) is 9.94 Å². The van der Waals surface area contributed by atoms with Gasteiger partial charge in [-0.3, -0.25) is 10.0 Å². The lowest BCUT2D eigenvalue weighted by atomic mass is 10.1. The van der Waals surface area contributed by atoms with Gasteiger partial charge in [0.2, 0.25) is 0 Å². The first-order chi connectivity index (χ1) is 11.5. The zero-order valence-corrected chi connectivity index (χ0v) is 15.5. The van der Waals surface area contributed by atoms with Gasteiger partial charge < -0.3 is 14.5 Å². The van der Waals surface area contributed by atoms with E-state index in [1.807, 2.05) is 16.7 Å². The van der Waals surface area contributed by atoms with Crippen LogP contribution in [0.1, 0.15) is 36.2 Å². The third-order valence-electron chi connectivity index (χ3n) is 4.72. The van der Waals surface area contributed by atoms with Gasteiger partial charge >= 0.3 is 6.03 Å². The molecule has 0 bridgehead atoms. The molecule has 1 unspecified atom stereocenters. The van der Waals surface area contributed by atoms with E-state index in [1.54, 1.807) is 23.7 Å². The molecule has 7 nitrogen and oxygen atoms in total. The molecule has 2 atom stereocenters. The van der Waals surface area contributed by atoms with Crippen LogP contribution in [0.5, 0.6) is 5.75 Å². The fourth-order valence-corrected chi connectivity index (χ4v) is 3.21. The Bertz CT molecular complexity index is 655. The van der Waals surface area contributed by atoms with Crippen LogP contribution in [-0.4, -0.2) is 52.7 Å². The zero-order chi connectivity index (χ0) is 17.3. The molecule has 1 fully saturated rings. The number of ether oxygens (including phenoxy) is 1. The fraction of sp³-hybridized carbons (Fsp3) is 0.529. The van der Waals surface area contributed by atoms with Gasteiger partial charge in [-0.1, -0.05) is 13.0 Å². The Morgan fingerprint density at radius 1 is 1.32 bits per heavy atom. The lowest BCUT2D eigenvalue weighted by Crippen LogP contribution is -2.47. The van der Waals surface area contributed by atoms with E-state index >= 15 is 0 Å². The number of rotatable bonds is 1. The van der Waals surface area contributed by atoms with Gasteiger partial charge in [0.25, 0.3) is 5.91 Å². The number of fused-ring (bicyclic) bond motifs is 1. The van der Waals surface area contributed by atoms with Crippen molar-refractivity contribution in [1.29, 1.82) is 0 Å². The second-order valence-electron chi connectivity index (χ2n) is 6.67. The number of hydroxylamine groups is 1. The van der Waals surface area contributed by atoms with Gasteiger partial charge in [-0.15, -0.1) is 0 Å². The molecule has 2 aliphatic rings. The van der Waals surface area contributed by atoms with Crippen molar-refractivity contribution >= 4 is 25.4 Å². The molecule has 25 heavy (non-hydrogen) atoms. The van der Waals surface area contributed by atoms with E-state index in [-0.39, 0.29) is 25.6 Å². The van der Waals surface area contributed by atoms with Crippen LogP contribution in [0.15, 0.2) is 18.2 Å². The third-order valence-corrected chi connectivity index (χ3v) is 4.72. The van der Waals surface area contributed by atoms with E-state index < -0.39 is 5.91 Å². The first kappa shape index (κ1) is 19.4. The number of amides is 3. The summed E-state index contributed by atoms with van der Waals surface area (Å²) in [6.45, 7) is 6.53. The van der Waals surface area contributed by atoms with E-state index in [0.717, 1.165) is 25.1 Å². The van der Waals surface area contributed by atoms with Crippen LogP contribution in [0.25, 0.3) is 0 Å². The molecule has 3 rings (SSSR count). The highest BCUT2D eigenvalue weighted by atomic mass is 32.1. The first-order valence-electron chi connectivity index (χ1n) is 8.25. The van der Waals surface area contributed by atoms with Crippen LogP contribution in [0.3, 0.4) is 0 Å². The second-order valence-corrected chi connectivity index (χ2v) is 6.67. The van der Waals surface area contributed by atoms with Gasteiger partial charge in [0.05, 0.1) is 12.6 Å². The Kier molecular flexibility index (Phi) is 6.18. The van der Waals surface area contributed by atoms with Crippen molar-refractivity contribution in [2.24, 2.45) is 5.92 Å². The Labute approximate surface area is 154 Å². The minimum Gasteiger partial charge on any atom is -0.491 e. The molecule has 0 aromatic heterocycles. The Morgan fingerprint density at radius 3 is 2.72 bits per heavy atom. The van der Waals surface area contributed by atoms with E-state index in [1.165, 1.54) is 0 Å². The van der Waals surface area contributed by atoms with Crippen LogP contribution < -0.4 is 10.2 Å². The molecule has 2 heterocycles. The fourth-order valence-electron chi connectivity index (χ4n) is 3.21. The summed E-state index contributed by atoms with van der Waals surface area (Å²) in [4.78, 5) is 28.1. The molecule has 2 aliphatic heterocycles. The number of benzene rings is 1. The maximum absolute atomic E-state index is 12.8. The predicted octanol–water partition coefficient (Wildman–Crippen LogP) is 1.96. The molecule has 2 N–H and O–H groups in total. The molecule has 3 amide bonds. The smallest absolute Gasteiger partial charge is 0.320 e. The predicted molar refractivity (Wildman–Crippen MR) is 97.3 cm³/mol. The van der Waals surface area contributed by atoms with Gasteiger partial charge in [-0.2, -0.15) is 13.5 Å². The first-order valence-corrected chi connectivity index (χ1v) is 8.25. The standard InChI is InChI=1S/C17H23N3O4.H2S/c1-11-5-6-19(8-11)17(22)20-9-14-4-3-13(16(21)18-23)7-15(14)24-10-12(20)2;/h3-4,7,11-12,23H,5-6,8-10H2,1-2H3,(H,18,21);1H2/t11?,12-;/m0./s1. The molecule has 0 spiro atoms. The van der Waals surface area contributed by atoms with Gasteiger partial charge in [-0.05, 0) is 31.4 Å². The number of hydrogen-bond donors (Lipinski definition) is 2. The summed E-state index contributed by atoms with van der Waals surface area (Å²) in [7, 11) is 0. The van der Waals surface area contributed by atoms with Gasteiger partial charge in [0, 0.05) is 24.2 Å². The van der Waals surface area contributed by atoms with E-state index in [2.05, 4.69) is 6.92 Å². The van der Waals surface area contributed by atoms with Crippen molar-refractivity contribution in [3.05, 3.63) is 29.3 Å². The summed E-state index contributed by atoms with van der Waals surface area (Å²) >= 11 is 0. The topological polar surface area (TPSA) is 82.1 Å². The SMILES string of the molecule is CC1CCN(C(=O)N2Cc3ccc(C(=O)NO)cc3OC[C@@H]2C)C1.S. The number of hydrogen-bond acceptors (Lipinski definition) is 4. The normalized spacial score (nSPS) is 22.4. The van der Waals surface area contributed by atoms with E-state index in [0.29, 0.717) is 30.4 Å². The molecule has 138 valence electrons. The summed E-state index contributed by atoms with van der Waals surface area (Å²) in [6, 6.07) is 4.96.